The largest absolute Gasteiger partial charge is 0.310 e. The average Bonchev–Trinajstić information content (AvgIpc) is 2.83. The molecule has 1 unspecified atom stereocenters. The summed E-state index contributed by atoms with van der Waals surface area (Å²) in [6, 6.07) is 5.87. The maximum absolute atomic E-state index is 6.27. The third-order valence-corrected chi connectivity index (χ3v) is 3.79. The summed E-state index contributed by atoms with van der Waals surface area (Å²) in [4.78, 5) is 0. The number of halogens is 2. The molecule has 108 valence electrons. The van der Waals surface area contributed by atoms with Crippen molar-refractivity contribution in [1.82, 2.24) is 15.1 Å². The van der Waals surface area contributed by atoms with Crippen LogP contribution in [0, 0.1) is 0 Å². The fourth-order valence-corrected chi connectivity index (χ4v) is 2.64. The molecule has 2 rings (SSSR count). The van der Waals surface area contributed by atoms with E-state index in [2.05, 4.69) is 17.3 Å². The predicted molar refractivity (Wildman–Crippen MR) is 84.4 cm³/mol. The molecule has 0 amide bonds. The highest BCUT2D eigenvalue weighted by atomic mass is 35.5. The van der Waals surface area contributed by atoms with Crippen LogP contribution < -0.4 is 5.32 Å². The Labute approximate surface area is 129 Å². The summed E-state index contributed by atoms with van der Waals surface area (Å²) in [5.41, 5.74) is 2.26. The van der Waals surface area contributed by atoms with Gasteiger partial charge in [-0.2, -0.15) is 5.10 Å². The van der Waals surface area contributed by atoms with Crippen LogP contribution >= 0.6 is 23.2 Å². The summed E-state index contributed by atoms with van der Waals surface area (Å²) in [5, 5.41) is 9.17. The van der Waals surface area contributed by atoms with Gasteiger partial charge in [-0.3, -0.25) is 4.68 Å². The standard InChI is InChI=1S/C15H19Cl2N3/c1-3-6-18-15(12-9-19-20(2)10-12)7-11-4-5-13(16)8-14(11)17/h4-5,8-10,15,18H,3,6-7H2,1-2H3. The van der Waals surface area contributed by atoms with Gasteiger partial charge in [-0.15, -0.1) is 0 Å². The Bertz CT molecular complexity index is 566. The van der Waals surface area contributed by atoms with Crippen LogP contribution in [-0.2, 0) is 13.5 Å². The van der Waals surface area contributed by atoms with Crippen LogP contribution in [-0.4, -0.2) is 16.3 Å². The first kappa shape index (κ1) is 15.4. The van der Waals surface area contributed by atoms with Gasteiger partial charge in [0.25, 0.3) is 0 Å². The van der Waals surface area contributed by atoms with E-state index >= 15 is 0 Å². The molecule has 1 heterocycles. The maximum atomic E-state index is 6.27. The minimum absolute atomic E-state index is 0.210. The summed E-state index contributed by atoms with van der Waals surface area (Å²) in [6.07, 6.45) is 5.85. The molecule has 0 aliphatic carbocycles. The van der Waals surface area contributed by atoms with Gasteiger partial charge in [0.05, 0.1) is 6.20 Å². The van der Waals surface area contributed by atoms with E-state index in [0.717, 1.165) is 24.9 Å². The number of aromatic nitrogens is 2. The molecule has 0 saturated heterocycles. The van der Waals surface area contributed by atoms with E-state index in [1.54, 1.807) is 6.07 Å². The summed E-state index contributed by atoms with van der Waals surface area (Å²) in [5.74, 6) is 0. The van der Waals surface area contributed by atoms with Crippen molar-refractivity contribution >= 4 is 23.2 Å². The van der Waals surface area contributed by atoms with Gasteiger partial charge in [-0.25, -0.2) is 0 Å². The molecule has 2 aromatic rings. The average molecular weight is 312 g/mol. The summed E-state index contributed by atoms with van der Waals surface area (Å²) in [6.45, 7) is 3.12. The van der Waals surface area contributed by atoms with Gasteiger partial charge in [0.2, 0.25) is 0 Å². The van der Waals surface area contributed by atoms with Gasteiger partial charge in [0, 0.05) is 34.9 Å². The van der Waals surface area contributed by atoms with E-state index in [-0.39, 0.29) is 6.04 Å². The van der Waals surface area contributed by atoms with Crippen LogP contribution in [0.5, 0.6) is 0 Å². The zero-order chi connectivity index (χ0) is 14.5. The van der Waals surface area contributed by atoms with E-state index in [1.807, 2.05) is 36.3 Å². The minimum atomic E-state index is 0.210. The molecule has 0 aliphatic heterocycles. The van der Waals surface area contributed by atoms with E-state index < -0.39 is 0 Å². The van der Waals surface area contributed by atoms with Gasteiger partial charge >= 0.3 is 0 Å². The molecular weight excluding hydrogens is 293 g/mol. The van der Waals surface area contributed by atoms with Gasteiger partial charge in [-0.05, 0) is 37.1 Å². The zero-order valence-electron chi connectivity index (χ0n) is 11.7. The molecular formula is C15H19Cl2N3. The van der Waals surface area contributed by atoms with Gasteiger partial charge in [0.1, 0.15) is 0 Å². The molecule has 1 aromatic carbocycles. The monoisotopic (exact) mass is 311 g/mol. The molecule has 20 heavy (non-hydrogen) atoms. The number of rotatable bonds is 6. The first-order chi connectivity index (χ1) is 9.60. The highest BCUT2D eigenvalue weighted by Crippen LogP contribution is 2.26. The Morgan fingerprint density at radius 3 is 2.75 bits per heavy atom. The van der Waals surface area contributed by atoms with Crippen molar-refractivity contribution in [3.8, 4) is 0 Å². The lowest BCUT2D eigenvalue weighted by Crippen LogP contribution is -2.24. The lowest BCUT2D eigenvalue weighted by molar-refractivity contribution is 0.529. The fourth-order valence-electron chi connectivity index (χ4n) is 2.15. The van der Waals surface area contributed by atoms with Crippen LogP contribution in [0.15, 0.2) is 30.6 Å². The number of nitrogens with zero attached hydrogens (tertiary/aromatic N) is 2. The van der Waals surface area contributed by atoms with E-state index in [4.69, 9.17) is 23.2 Å². The van der Waals surface area contributed by atoms with Crippen LogP contribution in [0.3, 0.4) is 0 Å². The zero-order valence-corrected chi connectivity index (χ0v) is 13.2. The lowest BCUT2D eigenvalue weighted by Gasteiger charge is -2.18. The van der Waals surface area contributed by atoms with Crippen LogP contribution in [0.4, 0.5) is 0 Å². The Kier molecular flexibility index (Phi) is 5.46. The van der Waals surface area contributed by atoms with E-state index in [9.17, 15) is 0 Å². The highest BCUT2D eigenvalue weighted by Gasteiger charge is 2.15. The lowest BCUT2D eigenvalue weighted by atomic mass is 10.0. The van der Waals surface area contributed by atoms with Gasteiger partial charge in [0.15, 0.2) is 0 Å². The fraction of sp³-hybridized carbons (Fsp3) is 0.400. The van der Waals surface area contributed by atoms with Crippen LogP contribution in [0.1, 0.15) is 30.5 Å². The van der Waals surface area contributed by atoms with Crippen molar-refractivity contribution in [2.75, 3.05) is 6.54 Å². The predicted octanol–water partition coefficient (Wildman–Crippen LogP) is 4.01. The molecule has 0 aliphatic rings. The number of nitrogens with one attached hydrogen (secondary N) is 1. The van der Waals surface area contributed by atoms with Crippen LogP contribution in [0.2, 0.25) is 10.0 Å². The highest BCUT2D eigenvalue weighted by molar-refractivity contribution is 6.35. The SMILES string of the molecule is CCCNC(Cc1ccc(Cl)cc1Cl)c1cnn(C)c1. The molecule has 5 heteroatoms. The van der Waals surface area contributed by atoms with Crippen molar-refractivity contribution in [3.63, 3.8) is 0 Å². The summed E-state index contributed by atoms with van der Waals surface area (Å²) >= 11 is 12.2. The number of hydrogen-bond acceptors (Lipinski definition) is 2. The molecule has 3 nitrogen and oxygen atoms in total. The first-order valence-corrected chi connectivity index (χ1v) is 7.51. The van der Waals surface area contributed by atoms with Crippen molar-refractivity contribution in [1.29, 1.82) is 0 Å². The molecule has 0 spiro atoms. The third kappa shape index (κ3) is 3.98. The second-order valence-electron chi connectivity index (χ2n) is 4.89. The van der Waals surface area contributed by atoms with Gasteiger partial charge in [-0.1, -0.05) is 36.2 Å². The third-order valence-electron chi connectivity index (χ3n) is 3.21. The summed E-state index contributed by atoms with van der Waals surface area (Å²) < 4.78 is 1.82. The molecule has 1 aromatic heterocycles. The Hall–Kier alpha value is -1.03. The summed E-state index contributed by atoms with van der Waals surface area (Å²) in [7, 11) is 1.93. The first-order valence-electron chi connectivity index (χ1n) is 6.76. The maximum Gasteiger partial charge on any atom is 0.0537 e. The second-order valence-corrected chi connectivity index (χ2v) is 5.74. The van der Waals surface area contributed by atoms with Crippen molar-refractivity contribution < 1.29 is 0 Å². The van der Waals surface area contributed by atoms with Crippen LogP contribution in [0.25, 0.3) is 0 Å². The second kappa shape index (κ2) is 7.11. The molecule has 0 radical (unpaired) electrons. The molecule has 0 fully saturated rings. The normalized spacial score (nSPS) is 12.6. The number of aryl methyl sites for hydroxylation is 1. The Balaban J connectivity index is 2.18. The Morgan fingerprint density at radius 2 is 2.15 bits per heavy atom. The molecule has 0 saturated carbocycles. The quantitative estimate of drug-likeness (QED) is 0.873. The smallest absolute Gasteiger partial charge is 0.0537 e. The van der Waals surface area contributed by atoms with Crippen molar-refractivity contribution in [2.45, 2.75) is 25.8 Å². The van der Waals surface area contributed by atoms with Gasteiger partial charge < -0.3 is 5.32 Å². The van der Waals surface area contributed by atoms with E-state index in [0.29, 0.717) is 10.0 Å². The van der Waals surface area contributed by atoms with Crippen molar-refractivity contribution in [3.05, 3.63) is 51.8 Å². The van der Waals surface area contributed by atoms with Crippen molar-refractivity contribution in [2.24, 2.45) is 7.05 Å². The molecule has 0 bridgehead atoms. The molecule has 1 atom stereocenters. The topological polar surface area (TPSA) is 29.9 Å². The minimum Gasteiger partial charge on any atom is -0.310 e. The van der Waals surface area contributed by atoms with E-state index in [1.165, 1.54) is 5.56 Å². The molecule has 1 N–H and O–H groups in total. The number of hydrogen-bond donors (Lipinski definition) is 1. The number of benzene rings is 1. The Morgan fingerprint density at radius 1 is 1.35 bits per heavy atom.